The van der Waals surface area contributed by atoms with E-state index in [1.807, 2.05) is 0 Å². The number of carbonyl (C=O) groups is 1. The van der Waals surface area contributed by atoms with Crippen LogP contribution in [0.1, 0.15) is 35.0 Å². The summed E-state index contributed by atoms with van der Waals surface area (Å²) in [4.78, 5) is 17.8. The average Bonchev–Trinajstić information content (AvgIpc) is 2.66. The van der Waals surface area contributed by atoms with Crippen molar-refractivity contribution in [3.8, 4) is 0 Å². The van der Waals surface area contributed by atoms with E-state index in [1.54, 1.807) is 13.8 Å². The van der Waals surface area contributed by atoms with Crippen LogP contribution in [0.25, 0.3) is 0 Å². The van der Waals surface area contributed by atoms with Crippen LogP contribution in [-0.4, -0.2) is 42.5 Å². The molecule has 1 saturated heterocycles. The molecule has 1 fully saturated rings. The molecule has 19 heavy (non-hydrogen) atoms. The first-order chi connectivity index (χ1) is 8.79. The van der Waals surface area contributed by atoms with Crippen molar-refractivity contribution < 1.29 is 17.6 Å². The van der Waals surface area contributed by atoms with Gasteiger partial charge in [0.05, 0.1) is 10.9 Å². The molecule has 0 spiro atoms. The summed E-state index contributed by atoms with van der Waals surface area (Å²) in [6.07, 6.45) is 1.09. The second kappa shape index (κ2) is 4.93. The molecule has 1 atom stereocenters. The van der Waals surface area contributed by atoms with Gasteiger partial charge in [-0.3, -0.25) is 4.79 Å². The van der Waals surface area contributed by atoms with E-state index in [9.17, 15) is 13.2 Å². The van der Waals surface area contributed by atoms with Gasteiger partial charge in [0, 0.05) is 20.0 Å². The summed E-state index contributed by atoms with van der Waals surface area (Å²) >= 11 is 0. The molecular weight excluding hydrogens is 270 g/mol. The second-order valence-electron chi connectivity index (χ2n) is 4.75. The molecule has 1 aromatic heterocycles. The highest BCUT2D eigenvalue weighted by Crippen LogP contribution is 2.19. The molecule has 8 heteroatoms. The van der Waals surface area contributed by atoms with E-state index in [4.69, 9.17) is 9.56 Å². The zero-order chi connectivity index (χ0) is 14.2. The van der Waals surface area contributed by atoms with E-state index < -0.39 is 15.3 Å². The van der Waals surface area contributed by atoms with E-state index in [1.165, 1.54) is 4.90 Å². The molecule has 0 aromatic carbocycles. The average molecular weight is 287 g/mol. The summed E-state index contributed by atoms with van der Waals surface area (Å²) in [5.74, 6) is 0.264. The number of sulfonamides is 1. The van der Waals surface area contributed by atoms with E-state index >= 15 is 0 Å². The summed E-state index contributed by atoms with van der Waals surface area (Å²) in [7, 11) is -3.62. The minimum atomic E-state index is -3.62. The van der Waals surface area contributed by atoms with Crippen LogP contribution < -0.4 is 5.14 Å². The van der Waals surface area contributed by atoms with Crippen molar-refractivity contribution in [2.45, 2.75) is 31.9 Å². The van der Waals surface area contributed by atoms with Gasteiger partial charge in [0.15, 0.2) is 5.89 Å². The number of carbonyl (C=O) groups excluding carboxylic acids is 1. The number of aromatic nitrogens is 1. The molecular formula is C11H17N3O4S. The third kappa shape index (κ3) is 2.95. The Morgan fingerprint density at radius 3 is 2.68 bits per heavy atom. The molecule has 1 aliphatic rings. The van der Waals surface area contributed by atoms with Crippen LogP contribution in [-0.2, 0) is 10.0 Å². The summed E-state index contributed by atoms with van der Waals surface area (Å²) in [5.41, 5.74) is 0.514. The van der Waals surface area contributed by atoms with E-state index in [0.29, 0.717) is 31.0 Å². The fourth-order valence-electron chi connectivity index (χ4n) is 2.26. The van der Waals surface area contributed by atoms with Crippen molar-refractivity contribution in [3.05, 3.63) is 17.3 Å². The smallest absolute Gasteiger partial charge is 0.291 e. The third-order valence-corrected chi connectivity index (χ3v) is 4.54. The topological polar surface area (TPSA) is 106 Å². The Hall–Kier alpha value is -1.41. The predicted molar refractivity (Wildman–Crippen MR) is 68.0 cm³/mol. The van der Waals surface area contributed by atoms with Gasteiger partial charge in [-0.25, -0.2) is 18.5 Å². The summed E-state index contributed by atoms with van der Waals surface area (Å²) in [6.45, 7) is 3.96. The molecule has 7 nitrogen and oxygen atoms in total. The first-order valence-electron chi connectivity index (χ1n) is 6.04. The van der Waals surface area contributed by atoms with Crippen LogP contribution in [0, 0.1) is 13.8 Å². The number of rotatable bonds is 2. The number of likely N-dealkylation sites (tertiary alicyclic amines) is 1. The molecule has 0 aliphatic carbocycles. The second-order valence-corrected chi connectivity index (χ2v) is 6.60. The number of piperidine rings is 1. The molecule has 1 aliphatic heterocycles. The minimum absolute atomic E-state index is 0.108. The summed E-state index contributed by atoms with van der Waals surface area (Å²) < 4.78 is 28.0. The molecule has 2 heterocycles. The van der Waals surface area contributed by atoms with E-state index in [-0.39, 0.29) is 18.2 Å². The normalized spacial score (nSPS) is 20.6. The molecule has 2 N–H and O–H groups in total. The SMILES string of the molecule is Cc1nc(C)c(C(=O)N2CCCC(S(N)(=O)=O)C2)o1. The van der Waals surface area contributed by atoms with Gasteiger partial charge in [0.1, 0.15) is 0 Å². The summed E-state index contributed by atoms with van der Waals surface area (Å²) in [6, 6.07) is 0. The van der Waals surface area contributed by atoms with Crippen molar-refractivity contribution in [2.24, 2.45) is 5.14 Å². The van der Waals surface area contributed by atoms with Gasteiger partial charge < -0.3 is 9.32 Å². The lowest BCUT2D eigenvalue weighted by Crippen LogP contribution is -2.47. The molecule has 0 radical (unpaired) electrons. The Labute approximate surface area is 111 Å². The fourth-order valence-corrected chi connectivity index (χ4v) is 3.15. The van der Waals surface area contributed by atoms with E-state index in [2.05, 4.69) is 4.98 Å². The molecule has 1 aromatic rings. The Balaban J connectivity index is 2.18. The highest BCUT2D eigenvalue weighted by atomic mass is 32.2. The molecule has 106 valence electrons. The van der Waals surface area contributed by atoms with Crippen LogP contribution in [0.2, 0.25) is 0 Å². The van der Waals surface area contributed by atoms with Gasteiger partial charge in [-0.15, -0.1) is 0 Å². The van der Waals surface area contributed by atoms with Crippen LogP contribution in [0.5, 0.6) is 0 Å². The monoisotopic (exact) mass is 287 g/mol. The lowest BCUT2D eigenvalue weighted by Gasteiger charge is -2.30. The standard InChI is InChI=1S/C11H17N3O4S/c1-7-10(18-8(2)13-7)11(15)14-5-3-4-9(6-14)19(12,16)17/h9H,3-6H2,1-2H3,(H2,12,16,17). The number of hydrogen-bond acceptors (Lipinski definition) is 5. The highest BCUT2D eigenvalue weighted by Gasteiger charge is 2.32. The lowest BCUT2D eigenvalue weighted by molar-refractivity contribution is 0.0692. The molecule has 0 saturated carbocycles. The Bertz CT molecular complexity index is 593. The predicted octanol–water partition coefficient (Wildman–Crippen LogP) is 0.185. The number of primary sulfonamides is 1. The van der Waals surface area contributed by atoms with Crippen LogP contribution >= 0.6 is 0 Å². The van der Waals surface area contributed by atoms with Crippen molar-refractivity contribution in [2.75, 3.05) is 13.1 Å². The quantitative estimate of drug-likeness (QED) is 0.835. The van der Waals surface area contributed by atoms with Crippen molar-refractivity contribution in [1.82, 2.24) is 9.88 Å². The van der Waals surface area contributed by atoms with Gasteiger partial charge in [-0.2, -0.15) is 0 Å². The number of aryl methyl sites for hydroxylation is 2. The van der Waals surface area contributed by atoms with Gasteiger partial charge in [0.2, 0.25) is 15.8 Å². The molecule has 1 amide bonds. The zero-order valence-corrected chi connectivity index (χ0v) is 11.7. The van der Waals surface area contributed by atoms with E-state index in [0.717, 1.165) is 0 Å². The number of nitrogens with two attached hydrogens (primary N) is 1. The fraction of sp³-hybridized carbons (Fsp3) is 0.636. The molecule has 1 unspecified atom stereocenters. The molecule has 2 rings (SSSR count). The van der Waals surface area contributed by atoms with Crippen LogP contribution in [0.4, 0.5) is 0 Å². The minimum Gasteiger partial charge on any atom is -0.436 e. The largest absolute Gasteiger partial charge is 0.436 e. The van der Waals surface area contributed by atoms with Crippen molar-refractivity contribution in [1.29, 1.82) is 0 Å². The number of hydrogen-bond donors (Lipinski definition) is 1. The highest BCUT2D eigenvalue weighted by molar-refractivity contribution is 7.89. The number of nitrogens with zero attached hydrogens (tertiary/aromatic N) is 2. The zero-order valence-electron chi connectivity index (χ0n) is 10.9. The van der Waals surface area contributed by atoms with Gasteiger partial charge in [-0.1, -0.05) is 0 Å². The Kier molecular flexibility index (Phi) is 3.64. The van der Waals surface area contributed by atoms with Gasteiger partial charge in [0.25, 0.3) is 5.91 Å². The Morgan fingerprint density at radius 2 is 2.16 bits per heavy atom. The maximum Gasteiger partial charge on any atom is 0.291 e. The van der Waals surface area contributed by atoms with Gasteiger partial charge in [-0.05, 0) is 19.8 Å². The first kappa shape index (κ1) is 14.0. The van der Waals surface area contributed by atoms with Crippen LogP contribution in [0.15, 0.2) is 4.42 Å². The lowest BCUT2D eigenvalue weighted by atomic mass is 10.1. The van der Waals surface area contributed by atoms with Crippen molar-refractivity contribution >= 4 is 15.9 Å². The number of amides is 1. The van der Waals surface area contributed by atoms with Crippen molar-refractivity contribution in [3.63, 3.8) is 0 Å². The Morgan fingerprint density at radius 1 is 1.47 bits per heavy atom. The van der Waals surface area contributed by atoms with Gasteiger partial charge >= 0.3 is 0 Å². The maximum atomic E-state index is 12.3. The third-order valence-electron chi connectivity index (χ3n) is 3.23. The maximum absolute atomic E-state index is 12.3. The van der Waals surface area contributed by atoms with Crippen LogP contribution in [0.3, 0.4) is 0 Å². The summed E-state index contributed by atoms with van der Waals surface area (Å²) in [5, 5.41) is 4.44. The molecule has 0 bridgehead atoms. The first-order valence-corrected chi connectivity index (χ1v) is 7.65. The number of oxazole rings is 1.